The molecule has 1 aromatic carbocycles. The molecule has 0 unspecified atom stereocenters. The van der Waals surface area contributed by atoms with Crippen LogP contribution >= 0.6 is 0 Å². The monoisotopic (exact) mass is 563 g/mol. The Morgan fingerprint density at radius 3 is 2.02 bits per heavy atom. The third-order valence-corrected chi connectivity index (χ3v) is 7.42. The van der Waals surface area contributed by atoms with Crippen molar-refractivity contribution in [1.82, 2.24) is 15.1 Å². The zero-order valence-electron chi connectivity index (χ0n) is 24.7. The van der Waals surface area contributed by atoms with Crippen molar-refractivity contribution in [2.24, 2.45) is 5.41 Å². The van der Waals surface area contributed by atoms with Crippen LogP contribution in [0.1, 0.15) is 52.0 Å². The van der Waals surface area contributed by atoms with Crippen LogP contribution in [-0.4, -0.2) is 106 Å². The summed E-state index contributed by atoms with van der Waals surface area (Å²) in [5.74, 6) is 0. The number of likely N-dealkylation sites (tertiary alicyclic amines) is 2. The van der Waals surface area contributed by atoms with Crippen LogP contribution in [0.25, 0.3) is 0 Å². The van der Waals surface area contributed by atoms with Gasteiger partial charge in [0.05, 0.1) is 39.6 Å². The summed E-state index contributed by atoms with van der Waals surface area (Å²) in [6, 6.07) is 9.56. The van der Waals surface area contributed by atoms with Crippen molar-refractivity contribution in [2.75, 3.05) is 78.9 Å². The number of ether oxygens (including phenoxy) is 5. The van der Waals surface area contributed by atoms with Crippen LogP contribution in [0.4, 0.5) is 9.59 Å². The molecular weight excluding hydrogens is 514 g/mol. The van der Waals surface area contributed by atoms with E-state index < -0.39 is 11.7 Å². The highest BCUT2D eigenvalue weighted by atomic mass is 16.6. The van der Waals surface area contributed by atoms with Gasteiger partial charge in [-0.25, -0.2) is 9.59 Å². The molecule has 226 valence electrons. The first-order valence-corrected chi connectivity index (χ1v) is 14.6. The van der Waals surface area contributed by atoms with Gasteiger partial charge in [-0.15, -0.1) is 0 Å². The van der Waals surface area contributed by atoms with Gasteiger partial charge < -0.3 is 38.8 Å². The van der Waals surface area contributed by atoms with E-state index in [1.54, 1.807) is 0 Å². The van der Waals surface area contributed by atoms with Crippen LogP contribution in [0.15, 0.2) is 30.3 Å². The van der Waals surface area contributed by atoms with Crippen molar-refractivity contribution in [2.45, 2.75) is 58.7 Å². The fourth-order valence-corrected chi connectivity index (χ4v) is 4.98. The molecule has 0 atom stereocenters. The smallest absolute Gasteiger partial charge is 0.410 e. The number of carbonyl (C=O) groups excluding carboxylic acids is 2. The molecule has 0 aromatic heterocycles. The second-order valence-electron chi connectivity index (χ2n) is 11.6. The van der Waals surface area contributed by atoms with E-state index >= 15 is 0 Å². The highest BCUT2D eigenvalue weighted by Crippen LogP contribution is 2.41. The lowest BCUT2D eigenvalue weighted by Crippen LogP contribution is -2.49. The molecule has 2 aliphatic heterocycles. The van der Waals surface area contributed by atoms with Crippen LogP contribution in [0.2, 0.25) is 0 Å². The summed E-state index contributed by atoms with van der Waals surface area (Å²) in [6.45, 7) is 14.2. The van der Waals surface area contributed by atoms with E-state index in [0.29, 0.717) is 51.6 Å². The van der Waals surface area contributed by atoms with E-state index in [1.165, 1.54) is 12.8 Å². The standard InChI is InChI=1S/C30H49N3O7/c1-29(2,3)40-28(35)33-16-11-30(12-17-33)9-14-32(15-10-30)18-20-37-22-24-38-23-21-36-19-13-31-27(34)39-25-26-7-5-4-6-8-26/h4-8H,9-25H2,1-3H3,(H,31,34). The number of hydrogen-bond acceptors (Lipinski definition) is 8. The second kappa shape index (κ2) is 16.8. The van der Waals surface area contributed by atoms with E-state index in [0.717, 1.165) is 51.1 Å². The number of rotatable bonds is 14. The predicted octanol–water partition coefficient (Wildman–Crippen LogP) is 4.08. The minimum atomic E-state index is -0.453. The molecule has 2 aliphatic rings. The number of benzene rings is 1. The van der Waals surface area contributed by atoms with Crippen molar-refractivity contribution in [3.63, 3.8) is 0 Å². The zero-order chi connectivity index (χ0) is 28.7. The van der Waals surface area contributed by atoms with Crippen molar-refractivity contribution < 1.29 is 33.3 Å². The SMILES string of the molecule is CC(C)(C)OC(=O)N1CCC2(CCN(CCOCCOCCOCCNC(=O)OCc3ccccc3)CC2)CC1. The molecule has 40 heavy (non-hydrogen) atoms. The molecule has 1 N–H and O–H groups in total. The third-order valence-electron chi connectivity index (χ3n) is 7.42. The molecule has 2 fully saturated rings. The average Bonchev–Trinajstić information content (AvgIpc) is 2.93. The van der Waals surface area contributed by atoms with Crippen LogP contribution in [-0.2, 0) is 30.3 Å². The van der Waals surface area contributed by atoms with Gasteiger partial charge in [0, 0.05) is 26.2 Å². The van der Waals surface area contributed by atoms with E-state index in [9.17, 15) is 9.59 Å². The molecule has 3 rings (SSSR count). The minimum Gasteiger partial charge on any atom is -0.445 e. The van der Waals surface area contributed by atoms with Gasteiger partial charge in [-0.3, -0.25) is 0 Å². The summed E-state index contributed by atoms with van der Waals surface area (Å²) < 4.78 is 27.5. The Hall–Kier alpha value is -2.40. The van der Waals surface area contributed by atoms with Crippen LogP contribution in [0.3, 0.4) is 0 Å². The number of piperidine rings is 2. The molecule has 1 aromatic rings. The lowest BCUT2D eigenvalue weighted by Gasteiger charge is -2.46. The second-order valence-corrected chi connectivity index (χ2v) is 11.6. The number of hydrogen-bond donors (Lipinski definition) is 1. The van der Waals surface area contributed by atoms with E-state index in [2.05, 4.69) is 10.2 Å². The fraction of sp³-hybridized carbons (Fsp3) is 0.733. The van der Waals surface area contributed by atoms with Crippen LogP contribution in [0, 0.1) is 5.41 Å². The molecule has 0 bridgehead atoms. The van der Waals surface area contributed by atoms with Gasteiger partial charge in [-0.2, -0.15) is 0 Å². The highest BCUT2D eigenvalue weighted by Gasteiger charge is 2.39. The fourth-order valence-electron chi connectivity index (χ4n) is 4.98. The Balaban J connectivity index is 1.09. The summed E-state index contributed by atoms with van der Waals surface area (Å²) >= 11 is 0. The summed E-state index contributed by atoms with van der Waals surface area (Å²) in [4.78, 5) is 28.4. The molecule has 2 saturated heterocycles. The molecule has 2 heterocycles. The Kier molecular flexibility index (Phi) is 13.5. The van der Waals surface area contributed by atoms with Gasteiger partial charge in [0.1, 0.15) is 12.2 Å². The third kappa shape index (κ3) is 12.4. The molecule has 10 nitrogen and oxygen atoms in total. The highest BCUT2D eigenvalue weighted by molar-refractivity contribution is 5.68. The van der Waals surface area contributed by atoms with E-state index in [-0.39, 0.29) is 12.7 Å². The molecule has 1 spiro atoms. The number of alkyl carbamates (subject to hydrolysis) is 1. The first-order valence-electron chi connectivity index (χ1n) is 14.6. The van der Waals surface area contributed by atoms with Crippen molar-refractivity contribution in [3.8, 4) is 0 Å². The summed E-state index contributed by atoms with van der Waals surface area (Å²) in [6.07, 6.45) is 3.86. The van der Waals surface area contributed by atoms with Crippen LogP contribution < -0.4 is 5.32 Å². The molecular formula is C30H49N3O7. The zero-order valence-corrected chi connectivity index (χ0v) is 24.7. The largest absolute Gasteiger partial charge is 0.445 e. The lowest BCUT2D eigenvalue weighted by atomic mass is 9.71. The molecule has 2 amide bonds. The maximum atomic E-state index is 12.3. The van der Waals surface area contributed by atoms with Gasteiger partial charge >= 0.3 is 12.2 Å². The Bertz CT molecular complexity index is 860. The van der Waals surface area contributed by atoms with Crippen molar-refractivity contribution in [3.05, 3.63) is 35.9 Å². The maximum Gasteiger partial charge on any atom is 0.410 e. The first kappa shape index (κ1) is 32.1. The molecule has 0 radical (unpaired) electrons. The van der Waals surface area contributed by atoms with Gasteiger partial charge in [0.25, 0.3) is 0 Å². The molecule has 10 heteroatoms. The summed E-state index contributed by atoms with van der Waals surface area (Å²) in [7, 11) is 0. The average molecular weight is 564 g/mol. The molecule has 0 aliphatic carbocycles. The van der Waals surface area contributed by atoms with E-state index in [4.69, 9.17) is 23.7 Å². The topological polar surface area (TPSA) is 98.8 Å². The Morgan fingerprint density at radius 1 is 0.825 bits per heavy atom. The Labute approximate surface area is 239 Å². The van der Waals surface area contributed by atoms with Crippen molar-refractivity contribution in [1.29, 1.82) is 0 Å². The van der Waals surface area contributed by atoms with Gasteiger partial charge in [-0.05, 0) is 70.5 Å². The Morgan fingerprint density at radius 2 is 1.40 bits per heavy atom. The quantitative estimate of drug-likeness (QED) is 0.338. The van der Waals surface area contributed by atoms with Gasteiger partial charge in [0.2, 0.25) is 0 Å². The van der Waals surface area contributed by atoms with Crippen LogP contribution in [0.5, 0.6) is 0 Å². The van der Waals surface area contributed by atoms with Gasteiger partial charge in [0.15, 0.2) is 0 Å². The molecule has 0 saturated carbocycles. The summed E-state index contributed by atoms with van der Waals surface area (Å²) in [5, 5.41) is 2.66. The summed E-state index contributed by atoms with van der Waals surface area (Å²) in [5.41, 5.74) is 0.874. The minimum absolute atomic E-state index is 0.181. The number of nitrogens with zero attached hydrogens (tertiary/aromatic N) is 2. The number of amides is 2. The number of carbonyl (C=O) groups is 2. The van der Waals surface area contributed by atoms with E-state index in [1.807, 2.05) is 56.0 Å². The first-order chi connectivity index (χ1) is 19.2. The number of nitrogens with one attached hydrogen (secondary N) is 1. The predicted molar refractivity (Wildman–Crippen MR) is 152 cm³/mol. The lowest BCUT2D eigenvalue weighted by molar-refractivity contribution is -0.00964. The maximum absolute atomic E-state index is 12.3. The van der Waals surface area contributed by atoms with Gasteiger partial charge in [-0.1, -0.05) is 30.3 Å². The normalized spacial score (nSPS) is 17.5. The van der Waals surface area contributed by atoms with Crippen molar-refractivity contribution >= 4 is 12.2 Å².